The van der Waals surface area contributed by atoms with E-state index in [-0.39, 0.29) is 12.5 Å². The quantitative estimate of drug-likeness (QED) is 0.202. The smallest absolute Gasteiger partial charge is 0.273 e. The van der Waals surface area contributed by atoms with E-state index in [1.54, 1.807) is 30.5 Å². The molecule has 1 unspecified atom stereocenters. The second kappa shape index (κ2) is 14.6. The number of aliphatic hydroxyl groups excluding tert-OH is 2. The molecule has 0 aliphatic carbocycles. The fraction of sp³-hybridized carbons (Fsp3) is 0.323. The highest BCUT2D eigenvalue weighted by Crippen LogP contribution is 2.27. The molecule has 1 aliphatic rings. The minimum atomic E-state index is -0.768. The summed E-state index contributed by atoms with van der Waals surface area (Å²) in [4.78, 5) is 28.8. The number of aliphatic hydroxyl groups is 2. The molecule has 210 valence electrons. The van der Waals surface area contributed by atoms with Crippen molar-refractivity contribution in [1.29, 1.82) is 0 Å². The first-order chi connectivity index (χ1) is 19.4. The molecule has 9 heteroatoms. The lowest BCUT2D eigenvalue weighted by Crippen LogP contribution is -2.30. The van der Waals surface area contributed by atoms with Crippen LogP contribution < -0.4 is 15.6 Å². The molecule has 1 saturated heterocycles. The minimum Gasteiger partial charge on any atom is -0.394 e. The number of amides is 2. The third kappa shape index (κ3) is 8.42. The van der Waals surface area contributed by atoms with Crippen LogP contribution in [0.4, 0.5) is 11.4 Å². The lowest BCUT2D eigenvalue weighted by atomic mass is 10.1. The number of hydrogen-bond donors (Lipinski definition) is 4. The average Bonchev–Trinajstić information content (AvgIpc) is 2.98. The third-order valence-corrected chi connectivity index (χ3v) is 7.81. The molecule has 40 heavy (non-hydrogen) atoms. The summed E-state index contributed by atoms with van der Waals surface area (Å²) < 4.78 is 0. The highest BCUT2D eigenvalue weighted by atomic mass is 32.2. The Hall–Kier alpha value is -3.66. The maximum absolute atomic E-state index is 13.3. The van der Waals surface area contributed by atoms with Crippen molar-refractivity contribution in [2.75, 3.05) is 35.7 Å². The van der Waals surface area contributed by atoms with Crippen molar-refractivity contribution in [3.05, 3.63) is 94.5 Å². The van der Waals surface area contributed by atoms with Crippen molar-refractivity contribution in [3.8, 4) is 0 Å². The number of rotatable bonds is 11. The number of aryl methyl sites for hydroxylation is 1. The van der Waals surface area contributed by atoms with E-state index in [9.17, 15) is 14.7 Å². The first kappa shape index (κ1) is 29.3. The predicted octanol–water partition coefficient (Wildman–Crippen LogP) is 4.59. The van der Waals surface area contributed by atoms with Crippen LogP contribution in [0, 0.1) is 6.92 Å². The van der Waals surface area contributed by atoms with Gasteiger partial charge in [0.1, 0.15) is 0 Å². The Kier molecular flexibility index (Phi) is 10.7. The van der Waals surface area contributed by atoms with Crippen LogP contribution in [-0.2, 0) is 5.75 Å². The Bertz CT molecular complexity index is 1320. The zero-order valence-electron chi connectivity index (χ0n) is 22.7. The molecule has 0 bridgehead atoms. The Morgan fingerprint density at radius 2 is 1.80 bits per heavy atom. The van der Waals surface area contributed by atoms with Crippen molar-refractivity contribution in [2.24, 2.45) is 5.10 Å². The number of nitrogens with zero attached hydrogens (tertiary/aromatic N) is 2. The van der Waals surface area contributed by atoms with Gasteiger partial charge in [-0.05, 0) is 67.6 Å². The molecule has 3 aromatic rings. The molecular weight excluding hydrogens is 524 g/mol. The van der Waals surface area contributed by atoms with E-state index in [0.717, 1.165) is 48.3 Å². The summed E-state index contributed by atoms with van der Waals surface area (Å²) in [6.07, 6.45) is 4.23. The van der Waals surface area contributed by atoms with Gasteiger partial charge in [-0.1, -0.05) is 42.0 Å². The molecule has 4 N–H and O–H groups in total. The Labute approximate surface area is 239 Å². The number of benzene rings is 3. The van der Waals surface area contributed by atoms with E-state index in [1.807, 2.05) is 49.4 Å². The summed E-state index contributed by atoms with van der Waals surface area (Å²) >= 11 is 1.48. The Morgan fingerprint density at radius 1 is 1.02 bits per heavy atom. The van der Waals surface area contributed by atoms with Crippen molar-refractivity contribution >= 4 is 41.2 Å². The van der Waals surface area contributed by atoms with Crippen molar-refractivity contribution in [1.82, 2.24) is 5.43 Å². The molecular formula is C31H36N4O4S. The van der Waals surface area contributed by atoms with Gasteiger partial charge in [-0.25, -0.2) is 5.43 Å². The molecule has 0 radical (unpaired) electrons. The molecule has 1 aliphatic heterocycles. The van der Waals surface area contributed by atoms with Crippen molar-refractivity contribution in [2.45, 2.75) is 38.0 Å². The normalized spacial score (nSPS) is 14.2. The monoisotopic (exact) mass is 560 g/mol. The van der Waals surface area contributed by atoms with Crippen LogP contribution >= 0.6 is 11.8 Å². The molecule has 0 spiro atoms. The number of carbonyl (C=O) groups excluding carboxylic acids is 2. The van der Waals surface area contributed by atoms with E-state index >= 15 is 0 Å². The highest BCUT2D eigenvalue weighted by Gasteiger charge is 2.19. The van der Waals surface area contributed by atoms with Gasteiger partial charge in [-0.3, -0.25) is 9.59 Å². The summed E-state index contributed by atoms with van der Waals surface area (Å²) in [6, 6.07) is 20.6. The van der Waals surface area contributed by atoms with Crippen LogP contribution in [-0.4, -0.2) is 59.8 Å². The Morgan fingerprint density at radius 3 is 2.55 bits per heavy atom. The van der Waals surface area contributed by atoms with Crippen molar-refractivity contribution in [3.63, 3.8) is 0 Å². The van der Waals surface area contributed by atoms with Crippen LogP contribution in [0.3, 0.4) is 0 Å². The van der Waals surface area contributed by atoms with E-state index < -0.39 is 12.0 Å². The van der Waals surface area contributed by atoms with E-state index in [4.69, 9.17) is 5.11 Å². The summed E-state index contributed by atoms with van der Waals surface area (Å²) in [5, 5.41) is 25.6. The number of anilines is 2. The number of nitrogens with one attached hydrogen (secondary N) is 2. The third-order valence-electron chi connectivity index (χ3n) is 6.65. The largest absolute Gasteiger partial charge is 0.394 e. The van der Waals surface area contributed by atoms with E-state index in [2.05, 4.69) is 20.7 Å². The van der Waals surface area contributed by atoms with Gasteiger partial charge in [0.25, 0.3) is 11.8 Å². The number of hydrogen-bond acceptors (Lipinski definition) is 7. The van der Waals surface area contributed by atoms with Gasteiger partial charge >= 0.3 is 0 Å². The van der Waals surface area contributed by atoms with Gasteiger partial charge in [0.2, 0.25) is 0 Å². The Balaban J connectivity index is 1.51. The second-order valence-corrected chi connectivity index (χ2v) is 10.9. The van der Waals surface area contributed by atoms with Gasteiger partial charge in [-0.15, -0.1) is 0 Å². The molecule has 4 rings (SSSR count). The molecule has 1 fully saturated rings. The summed E-state index contributed by atoms with van der Waals surface area (Å²) in [7, 11) is 0. The minimum absolute atomic E-state index is 0.279. The van der Waals surface area contributed by atoms with Gasteiger partial charge in [0, 0.05) is 35.8 Å². The topological polar surface area (TPSA) is 114 Å². The zero-order valence-corrected chi connectivity index (χ0v) is 23.5. The maximum Gasteiger partial charge on any atom is 0.273 e. The van der Waals surface area contributed by atoms with E-state index in [0.29, 0.717) is 28.3 Å². The van der Waals surface area contributed by atoms with Gasteiger partial charge < -0.3 is 20.4 Å². The number of carbonyl (C=O) groups is 2. The molecule has 1 atom stereocenters. The summed E-state index contributed by atoms with van der Waals surface area (Å²) in [5.41, 5.74) is 7.68. The maximum atomic E-state index is 13.3. The van der Waals surface area contributed by atoms with Crippen LogP contribution in [0.1, 0.15) is 56.7 Å². The molecule has 0 saturated carbocycles. The second-order valence-electron chi connectivity index (χ2n) is 9.89. The first-order valence-corrected chi connectivity index (χ1v) is 14.6. The van der Waals surface area contributed by atoms with Crippen LogP contribution in [0.5, 0.6) is 0 Å². The summed E-state index contributed by atoms with van der Waals surface area (Å²) in [5.74, 6) is 0.256. The number of thioether (sulfide) groups is 1. The van der Waals surface area contributed by atoms with Crippen LogP contribution in [0.15, 0.2) is 71.8 Å². The number of hydrazone groups is 1. The molecule has 1 heterocycles. The lowest BCUT2D eigenvalue weighted by molar-refractivity contribution is 0.0956. The lowest BCUT2D eigenvalue weighted by Gasteiger charge is -2.29. The van der Waals surface area contributed by atoms with Gasteiger partial charge in [0.15, 0.2) is 0 Å². The molecule has 3 aromatic carbocycles. The highest BCUT2D eigenvalue weighted by molar-refractivity contribution is 7.98. The predicted molar refractivity (Wildman–Crippen MR) is 162 cm³/mol. The molecule has 2 amide bonds. The number of piperidine rings is 1. The van der Waals surface area contributed by atoms with Crippen LogP contribution in [0.25, 0.3) is 0 Å². The fourth-order valence-corrected chi connectivity index (χ4v) is 5.33. The first-order valence-electron chi connectivity index (χ1n) is 13.5. The van der Waals surface area contributed by atoms with Gasteiger partial charge in [-0.2, -0.15) is 16.9 Å². The van der Waals surface area contributed by atoms with Gasteiger partial charge in [0.05, 0.1) is 30.2 Å². The van der Waals surface area contributed by atoms with E-state index in [1.165, 1.54) is 18.2 Å². The molecule has 8 nitrogen and oxygen atoms in total. The fourth-order valence-electron chi connectivity index (χ4n) is 4.42. The van der Waals surface area contributed by atoms with Crippen molar-refractivity contribution < 1.29 is 19.8 Å². The summed E-state index contributed by atoms with van der Waals surface area (Å²) in [6.45, 7) is 3.59. The average molecular weight is 561 g/mol. The standard InChI is InChI=1S/C31H36N4O4S/c1-22-8-10-23(11-9-22)18-32-34-31(39)28-17-26(35-14-3-2-4-15-35)12-13-29(28)33-30(38)25-7-5-6-24(16-25)20-40-21-27(37)19-36/h5-13,16-18,27,36-37H,2-4,14-15,19-21H2,1H3,(H,33,38)(H,34,39)/b32-18+. The molecule has 0 aromatic heterocycles. The zero-order chi connectivity index (χ0) is 28.3. The van der Waals surface area contributed by atoms with Crippen LogP contribution in [0.2, 0.25) is 0 Å². The SMILES string of the molecule is Cc1ccc(/C=N/NC(=O)c2cc(N3CCCCC3)ccc2NC(=O)c2cccc(CSCC(O)CO)c2)cc1.